The minimum absolute atomic E-state index is 0.159. The summed E-state index contributed by atoms with van der Waals surface area (Å²) < 4.78 is 18.2. The fourth-order valence-electron chi connectivity index (χ4n) is 2.65. The van der Waals surface area contributed by atoms with E-state index in [1.807, 2.05) is 12.3 Å². The van der Waals surface area contributed by atoms with Crippen LogP contribution in [0.1, 0.15) is 21.5 Å². The van der Waals surface area contributed by atoms with Gasteiger partial charge in [0.15, 0.2) is 0 Å². The van der Waals surface area contributed by atoms with E-state index in [1.54, 1.807) is 48.2 Å². The Morgan fingerprint density at radius 2 is 1.81 bits per heavy atom. The smallest absolute Gasteiger partial charge is 0.343 e. The quantitative estimate of drug-likeness (QED) is 0.176. The number of carbonyl (C=O) groups excluding carboxylic acids is 2. The topological polar surface area (TPSA) is 67.8 Å². The van der Waals surface area contributed by atoms with Gasteiger partial charge in [-0.15, -0.1) is 11.8 Å². The Morgan fingerprint density at radius 3 is 2.48 bits per heavy atom. The zero-order valence-electron chi connectivity index (χ0n) is 16.5. The van der Waals surface area contributed by atoms with E-state index in [4.69, 9.17) is 16.3 Å². The molecule has 5 nitrogen and oxygen atoms in total. The summed E-state index contributed by atoms with van der Waals surface area (Å²) in [5.41, 5.74) is 4.27. The molecule has 31 heavy (non-hydrogen) atoms. The molecule has 0 saturated heterocycles. The van der Waals surface area contributed by atoms with Gasteiger partial charge >= 0.3 is 5.97 Å². The fourth-order valence-corrected chi connectivity index (χ4v) is 3.44. The van der Waals surface area contributed by atoms with E-state index in [0.717, 1.165) is 10.5 Å². The number of benzene rings is 3. The summed E-state index contributed by atoms with van der Waals surface area (Å²) in [4.78, 5) is 25.2. The molecule has 3 aromatic rings. The Kier molecular flexibility index (Phi) is 7.81. The maximum atomic E-state index is 12.9. The molecule has 0 saturated carbocycles. The van der Waals surface area contributed by atoms with Crippen molar-refractivity contribution >= 4 is 41.5 Å². The molecule has 3 aromatic carbocycles. The van der Waals surface area contributed by atoms with Gasteiger partial charge in [-0.1, -0.05) is 11.6 Å². The molecule has 0 aliphatic heterocycles. The summed E-state index contributed by atoms with van der Waals surface area (Å²) in [6.45, 7) is 0. The lowest BCUT2D eigenvalue weighted by molar-refractivity contribution is -0.120. The van der Waals surface area contributed by atoms with Crippen LogP contribution in [0.25, 0.3) is 0 Å². The third-order valence-corrected chi connectivity index (χ3v) is 5.24. The number of ether oxygens (including phenoxy) is 1. The maximum Gasteiger partial charge on any atom is 0.343 e. The highest BCUT2D eigenvalue weighted by Crippen LogP contribution is 2.24. The molecule has 3 rings (SSSR count). The largest absolute Gasteiger partial charge is 0.423 e. The molecule has 1 N–H and O–H groups in total. The standard InChI is InChI=1S/C23H18ClFN2O3S/c1-31-21-11-6-18(24)12-17(21)13-22(28)27-26-14-15-2-9-20(10-3-15)30-23(29)16-4-7-19(25)8-5-16/h2-12,14H,13H2,1H3,(H,27,28)/b26-14-. The van der Waals surface area contributed by atoms with Crippen LogP contribution < -0.4 is 10.2 Å². The van der Waals surface area contributed by atoms with Crippen LogP contribution >= 0.6 is 23.4 Å². The number of halogens is 2. The maximum absolute atomic E-state index is 12.9. The van der Waals surface area contributed by atoms with Crippen LogP contribution in [-0.4, -0.2) is 24.3 Å². The molecule has 1 amide bonds. The lowest BCUT2D eigenvalue weighted by Gasteiger charge is -2.07. The molecular weight excluding hydrogens is 439 g/mol. The zero-order chi connectivity index (χ0) is 22.2. The van der Waals surface area contributed by atoms with E-state index in [0.29, 0.717) is 16.3 Å². The first-order chi connectivity index (χ1) is 14.9. The van der Waals surface area contributed by atoms with E-state index >= 15 is 0 Å². The molecule has 8 heteroatoms. The first kappa shape index (κ1) is 22.5. The molecule has 0 bridgehead atoms. The van der Waals surface area contributed by atoms with Crippen molar-refractivity contribution in [3.05, 3.63) is 94.3 Å². The van der Waals surface area contributed by atoms with E-state index in [9.17, 15) is 14.0 Å². The molecule has 0 atom stereocenters. The lowest BCUT2D eigenvalue weighted by atomic mass is 10.1. The Balaban J connectivity index is 1.53. The van der Waals surface area contributed by atoms with Gasteiger partial charge in [0.05, 0.1) is 18.2 Å². The summed E-state index contributed by atoms with van der Waals surface area (Å²) in [5.74, 6) is -0.941. The van der Waals surface area contributed by atoms with Gasteiger partial charge in [-0.2, -0.15) is 5.10 Å². The Labute approximate surface area is 188 Å². The summed E-state index contributed by atoms with van der Waals surface area (Å²) in [6.07, 6.45) is 3.58. The van der Waals surface area contributed by atoms with Crippen LogP contribution in [0.2, 0.25) is 5.02 Å². The molecule has 0 heterocycles. The third-order valence-electron chi connectivity index (χ3n) is 4.17. The van der Waals surface area contributed by atoms with E-state index in [2.05, 4.69) is 10.5 Å². The number of esters is 1. The zero-order valence-corrected chi connectivity index (χ0v) is 18.0. The molecule has 0 spiro atoms. The summed E-state index contributed by atoms with van der Waals surface area (Å²) in [7, 11) is 0. The molecule has 0 unspecified atom stereocenters. The Bertz CT molecular complexity index is 1100. The van der Waals surface area contributed by atoms with Crippen molar-refractivity contribution in [1.82, 2.24) is 5.43 Å². The molecular formula is C23H18ClFN2O3S. The van der Waals surface area contributed by atoms with Gasteiger partial charge in [0.1, 0.15) is 11.6 Å². The van der Waals surface area contributed by atoms with Crippen LogP contribution in [0.3, 0.4) is 0 Å². The predicted molar refractivity (Wildman–Crippen MR) is 120 cm³/mol. The van der Waals surface area contributed by atoms with Gasteiger partial charge in [-0.3, -0.25) is 4.79 Å². The average molecular weight is 457 g/mol. The van der Waals surface area contributed by atoms with Crippen molar-refractivity contribution in [2.45, 2.75) is 11.3 Å². The molecule has 158 valence electrons. The number of nitrogens with one attached hydrogen (secondary N) is 1. The normalized spacial score (nSPS) is 10.8. The van der Waals surface area contributed by atoms with Gasteiger partial charge in [-0.05, 0) is 84.1 Å². The van der Waals surface area contributed by atoms with Crippen molar-refractivity contribution in [1.29, 1.82) is 0 Å². The Hall–Kier alpha value is -3.16. The Morgan fingerprint density at radius 1 is 1.10 bits per heavy atom. The summed E-state index contributed by atoms with van der Waals surface area (Å²) in [5, 5.41) is 4.53. The van der Waals surface area contributed by atoms with E-state index in [-0.39, 0.29) is 17.9 Å². The van der Waals surface area contributed by atoms with Crippen molar-refractivity contribution in [3.8, 4) is 5.75 Å². The number of rotatable bonds is 7. The minimum Gasteiger partial charge on any atom is -0.423 e. The fraction of sp³-hybridized carbons (Fsp3) is 0.0870. The van der Waals surface area contributed by atoms with Gasteiger partial charge < -0.3 is 4.74 Å². The van der Waals surface area contributed by atoms with Gasteiger partial charge in [0, 0.05) is 9.92 Å². The third kappa shape index (κ3) is 6.67. The highest BCUT2D eigenvalue weighted by molar-refractivity contribution is 7.98. The van der Waals surface area contributed by atoms with Crippen LogP contribution in [-0.2, 0) is 11.2 Å². The molecule has 0 aromatic heterocycles. The highest BCUT2D eigenvalue weighted by atomic mass is 35.5. The second-order valence-corrected chi connectivity index (χ2v) is 7.68. The number of hydrogen-bond acceptors (Lipinski definition) is 5. The summed E-state index contributed by atoms with van der Waals surface area (Å²) >= 11 is 7.55. The van der Waals surface area contributed by atoms with Crippen LogP contribution in [0.5, 0.6) is 5.75 Å². The molecule has 0 aliphatic rings. The van der Waals surface area contributed by atoms with Gasteiger partial charge in [0.25, 0.3) is 0 Å². The van der Waals surface area contributed by atoms with Crippen molar-refractivity contribution in [2.75, 3.05) is 6.26 Å². The monoisotopic (exact) mass is 456 g/mol. The highest BCUT2D eigenvalue weighted by Gasteiger charge is 2.09. The van der Waals surface area contributed by atoms with E-state index < -0.39 is 11.8 Å². The second kappa shape index (κ2) is 10.7. The minimum atomic E-state index is -0.584. The van der Waals surface area contributed by atoms with Crippen LogP contribution in [0, 0.1) is 5.82 Å². The summed E-state index contributed by atoms with van der Waals surface area (Å²) in [6, 6.07) is 17.1. The van der Waals surface area contributed by atoms with Crippen LogP contribution in [0.15, 0.2) is 76.7 Å². The number of thioether (sulfide) groups is 1. The van der Waals surface area contributed by atoms with Crippen molar-refractivity contribution < 1.29 is 18.7 Å². The number of amides is 1. The SMILES string of the molecule is CSc1ccc(Cl)cc1CC(=O)N/N=C\c1ccc(OC(=O)c2ccc(F)cc2)cc1. The lowest BCUT2D eigenvalue weighted by Crippen LogP contribution is -2.20. The number of hydrazone groups is 1. The first-order valence-electron chi connectivity index (χ1n) is 9.17. The first-order valence-corrected chi connectivity index (χ1v) is 10.8. The van der Waals surface area contributed by atoms with Gasteiger partial charge in [0.2, 0.25) is 5.91 Å². The molecule has 0 fully saturated rings. The number of nitrogens with zero attached hydrogens (tertiary/aromatic N) is 1. The van der Waals surface area contributed by atoms with Crippen molar-refractivity contribution in [3.63, 3.8) is 0 Å². The number of carbonyl (C=O) groups is 2. The molecule has 0 aliphatic carbocycles. The van der Waals surface area contributed by atoms with Gasteiger partial charge in [-0.25, -0.2) is 14.6 Å². The predicted octanol–water partition coefficient (Wildman–Crippen LogP) is 5.11. The number of hydrogen-bond donors (Lipinski definition) is 1. The van der Waals surface area contributed by atoms with Crippen molar-refractivity contribution in [2.24, 2.45) is 5.10 Å². The average Bonchev–Trinajstić information content (AvgIpc) is 2.75. The second-order valence-electron chi connectivity index (χ2n) is 6.39. The van der Waals surface area contributed by atoms with Crippen LogP contribution in [0.4, 0.5) is 4.39 Å². The van der Waals surface area contributed by atoms with E-state index in [1.165, 1.54) is 30.5 Å². The molecule has 0 radical (unpaired) electrons.